The van der Waals surface area contributed by atoms with Crippen LogP contribution in [0.5, 0.6) is 0 Å². The number of rotatable bonds is 2. The standard InChI is InChI=1S/C14H24FNO2/c15-13(12-2-1-5-16-9-12)11-3-6-18-14(8-11)4-7-17-10-14/h11-13,16H,1-10H2. The Kier molecular flexibility index (Phi) is 3.87. The summed E-state index contributed by atoms with van der Waals surface area (Å²) in [6, 6.07) is 0. The van der Waals surface area contributed by atoms with Gasteiger partial charge in [0.15, 0.2) is 0 Å². The summed E-state index contributed by atoms with van der Waals surface area (Å²) in [4.78, 5) is 0. The van der Waals surface area contributed by atoms with Crippen LogP contribution in [0.1, 0.15) is 32.1 Å². The van der Waals surface area contributed by atoms with Gasteiger partial charge in [0.25, 0.3) is 0 Å². The molecule has 4 unspecified atom stereocenters. The van der Waals surface area contributed by atoms with Crippen molar-refractivity contribution in [2.24, 2.45) is 11.8 Å². The van der Waals surface area contributed by atoms with E-state index in [9.17, 15) is 4.39 Å². The van der Waals surface area contributed by atoms with E-state index in [4.69, 9.17) is 9.47 Å². The maximum absolute atomic E-state index is 14.7. The molecule has 3 aliphatic rings. The zero-order valence-corrected chi connectivity index (χ0v) is 11.0. The van der Waals surface area contributed by atoms with Gasteiger partial charge in [-0.15, -0.1) is 0 Å². The quantitative estimate of drug-likeness (QED) is 0.819. The summed E-state index contributed by atoms with van der Waals surface area (Å²) in [5, 5.41) is 3.32. The number of alkyl halides is 1. The minimum atomic E-state index is -0.667. The van der Waals surface area contributed by atoms with Gasteiger partial charge in [-0.1, -0.05) is 0 Å². The number of nitrogens with one attached hydrogen (secondary N) is 1. The molecule has 3 rings (SSSR count). The molecule has 0 saturated carbocycles. The predicted octanol–water partition coefficient (Wildman–Crippen LogP) is 1.91. The van der Waals surface area contributed by atoms with E-state index in [0.29, 0.717) is 13.2 Å². The summed E-state index contributed by atoms with van der Waals surface area (Å²) in [6.45, 7) is 4.04. The van der Waals surface area contributed by atoms with Crippen molar-refractivity contribution in [2.75, 3.05) is 32.9 Å². The molecular weight excluding hydrogens is 233 g/mol. The van der Waals surface area contributed by atoms with E-state index in [1.807, 2.05) is 0 Å². The van der Waals surface area contributed by atoms with E-state index >= 15 is 0 Å². The van der Waals surface area contributed by atoms with Crippen molar-refractivity contribution in [3.8, 4) is 0 Å². The van der Waals surface area contributed by atoms with Crippen LogP contribution in [0, 0.1) is 11.8 Å². The van der Waals surface area contributed by atoms with E-state index in [1.54, 1.807) is 0 Å². The first-order valence-corrected chi connectivity index (χ1v) is 7.36. The minimum absolute atomic E-state index is 0.157. The summed E-state index contributed by atoms with van der Waals surface area (Å²) in [5.74, 6) is 0.381. The molecule has 104 valence electrons. The second-order valence-corrected chi connectivity index (χ2v) is 6.14. The van der Waals surface area contributed by atoms with Crippen LogP contribution in [0.3, 0.4) is 0 Å². The van der Waals surface area contributed by atoms with Crippen LogP contribution in [0.2, 0.25) is 0 Å². The molecule has 3 fully saturated rings. The fourth-order valence-electron chi connectivity index (χ4n) is 3.74. The smallest absolute Gasteiger partial charge is 0.107 e. The number of halogens is 1. The van der Waals surface area contributed by atoms with Gasteiger partial charge in [-0.3, -0.25) is 0 Å². The van der Waals surface area contributed by atoms with Crippen LogP contribution in [-0.2, 0) is 9.47 Å². The lowest BCUT2D eigenvalue weighted by molar-refractivity contribution is -0.113. The van der Waals surface area contributed by atoms with Gasteiger partial charge in [0.1, 0.15) is 6.17 Å². The SMILES string of the molecule is FC(C1CCCNC1)C1CCOC2(CCOC2)C1. The fourth-order valence-corrected chi connectivity index (χ4v) is 3.74. The highest BCUT2D eigenvalue weighted by Gasteiger charge is 2.44. The number of ether oxygens (including phenoxy) is 2. The topological polar surface area (TPSA) is 30.5 Å². The van der Waals surface area contributed by atoms with Gasteiger partial charge in [0.05, 0.1) is 12.2 Å². The Morgan fingerprint density at radius 1 is 1.22 bits per heavy atom. The lowest BCUT2D eigenvalue weighted by Gasteiger charge is -2.40. The molecule has 0 aromatic carbocycles. The summed E-state index contributed by atoms with van der Waals surface area (Å²) in [6.07, 6.45) is 4.15. The third-order valence-electron chi connectivity index (χ3n) is 4.83. The molecule has 0 amide bonds. The molecule has 18 heavy (non-hydrogen) atoms. The molecule has 0 radical (unpaired) electrons. The molecular formula is C14H24FNO2. The Morgan fingerprint density at radius 3 is 2.89 bits per heavy atom. The third-order valence-corrected chi connectivity index (χ3v) is 4.83. The first-order valence-electron chi connectivity index (χ1n) is 7.36. The van der Waals surface area contributed by atoms with Crippen molar-refractivity contribution < 1.29 is 13.9 Å². The summed E-state index contributed by atoms with van der Waals surface area (Å²) in [5.41, 5.74) is -0.157. The average Bonchev–Trinajstić information content (AvgIpc) is 2.87. The van der Waals surface area contributed by atoms with Gasteiger partial charge in [-0.2, -0.15) is 0 Å². The highest BCUT2D eigenvalue weighted by atomic mass is 19.1. The van der Waals surface area contributed by atoms with E-state index in [1.165, 1.54) is 0 Å². The maximum Gasteiger partial charge on any atom is 0.107 e. The third kappa shape index (κ3) is 2.56. The van der Waals surface area contributed by atoms with Crippen LogP contribution in [0.4, 0.5) is 4.39 Å². The molecule has 3 aliphatic heterocycles. The average molecular weight is 257 g/mol. The lowest BCUT2D eigenvalue weighted by Crippen LogP contribution is -2.46. The molecule has 0 aromatic heterocycles. The molecule has 0 aromatic rings. The van der Waals surface area contributed by atoms with Crippen LogP contribution >= 0.6 is 0 Å². The number of hydrogen-bond acceptors (Lipinski definition) is 3. The minimum Gasteiger partial charge on any atom is -0.378 e. The van der Waals surface area contributed by atoms with Crippen LogP contribution in [0.25, 0.3) is 0 Å². The van der Waals surface area contributed by atoms with E-state index < -0.39 is 6.17 Å². The van der Waals surface area contributed by atoms with Crippen LogP contribution in [-0.4, -0.2) is 44.7 Å². The molecule has 1 spiro atoms. The van der Waals surface area contributed by atoms with Gasteiger partial charge in [0, 0.05) is 32.1 Å². The summed E-state index contributed by atoms with van der Waals surface area (Å²) >= 11 is 0. The van der Waals surface area contributed by atoms with E-state index in [0.717, 1.165) is 51.8 Å². The molecule has 4 heteroatoms. The van der Waals surface area contributed by atoms with Gasteiger partial charge in [-0.05, 0) is 38.1 Å². The second-order valence-electron chi connectivity index (χ2n) is 6.14. The van der Waals surface area contributed by atoms with Crippen molar-refractivity contribution >= 4 is 0 Å². The molecule has 1 N–H and O–H groups in total. The van der Waals surface area contributed by atoms with Crippen molar-refractivity contribution in [3.05, 3.63) is 0 Å². The van der Waals surface area contributed by atoms with Crippen molar-refractivity contribution in [1.29, 1.82) is 0 Å². The van der Waals surface area contributed by atoms with Gasteiger partial charge in [0.2, 0.25) is 0 Å². The highest BCUT2D eigenvalue weighted by molar-refractivity contribution is 4.94. The van der Waals surface area contributed by atoms with Crippen LogP contribution < -0.4 is 5.32 Å². The molecule has 0 bridgehead atoms. The second kappa shape index (κ2) is 5.43. The Morgan fingerprint density at radius 2 is 2.17 bits per heavy atom. The largest absolute Gasteiger partial charge is 0.378 e. The zero-order chi connectivity index (χ0) is 12.4. The zero-order valence-electron chi connectivity index (χ0n) is 11.0. The molecule has 4 atom stereocenters. The summed E-state index contributed by atoms with van der Waals surface area (Å²) in [7, 11) is 0. The fraction of sp³-hybridized carbons (Fsp3) is 1.00. The first kappa shape index (κ1) is 12.8. The Bertz CT molecular complexity index is 275. The number of piperidine rings is 1. The summed E-state index contributed by atoms with van der Waals surface area (Å²) < 4.78 is 26.0. The normalized spacial score (nSPS) is 43.2. The first-order chi connectivity index (χ1) is 8.79. The maximum atomic E-state index is 14.7. The van der Waals surface area contributed by atoms with Crippen LogP contribution in [0.15, 0.2) is 0 Å². The highest BCUT2D eigenvalue weighted by Crippen LogP contribution is 2.40. The van der Waals surface area contributed by atoms with E-state index in [-0.39, 0.29) is 17.4 Å². The monoisotopic (exact) mass is 257 g/mol. The van der Waals surface area contributed by atoms with Gasteiger partial charge < -0.3 is 14.8 Å². The molecule has 3 saturated heterocycles. The van der Waals surface area contributed by atoms with Gasteiger partial charge in [-0.25, -0.2) is 4.39 Å². The predicted molar refractivity (Wildman–Crippen MR) is 67.3 cm³/mol. The molecule has 0 aliphatic carbocycles. The Balaban J connectivity index is 1.60. The van der Waals surface area contributed by atoms with E-state index in [2.05, 4.69) is 5.32 Å². The Labute approximate surface area is 108 Å². The number of hydrogen-bond donors (Lipinski definition) is 1. The molecule has 3 heterocycles. The lowest BCUT2D eigenvalue weighted by atomic mass is 9.77. The van der Waals surface area contributed by atoms with Crippen molar-refractivity contribution in [2.45, 2.75) is 43.9 Å². The molecule has 3 nitrogen and oxygen atoms in total. The van der Waals surface area contributed by atoms with Crippen molar-refractivity contribution in [3.63, 3.8) is 0 Å². The van der Waals surface area contributed by atoms with Crippen molar-refractivity contribution in [1.82, 2.24) is 5.32 Å². The van der Waals surface area contributed by atoms with Gasteiger partial charge >= 0.3 is 0 Å². The Hall–Kier alpha value is -0.190.